The Balaban J connectivity index is 1.66. The van der Waals surface area contributed by atoms with E-state index in [-0.39, 0.29) is 22.9 Å². The molecule has 4 heterocycles. The molecule has 1 N–H and O–H groups in total. The summed E-state index contributed by atoms with van der Waals surface area (Å²) in [6, 6.07) is 8.97. The third-order valence-electron chi connectivity index (χ3n) is 7.74. The second-order valence-corrected chi connectivity index (χ2v) is 8.49. The first-order valence-corrected chi connectivity index (χ1v) is 9.73. The third kappa shape index (κ3) is 1.50. The number of carbonyl (C=O) groups excluding carboxylic acids is 1. The topological polar surface area (TPSA) is 54.1 Å². The van der Waals surface area contributed by atoms with Crippen LogP contribution in [-0.4, -0.2) is 49.3 Å². The van der Waals surface area contributed by atoms with E-state index in [0.717, 1.165) is 49.3 Å². The molecule has 4 aliphatic heterocycles. The summed E-state index contributed by atoms with van der Waals surface area (Å²) in [4.78, 5) is 15.5. The summed E-state index contributed by atoms with van der Waals surface area (Å²) in [5.74, 6) is -0.188. The minimum atomic E-state index is -0.188. The number of rotatable bonds is 2. The molecule has 0 radical (unpaired) electrons. The SMILES string of the molecule is CC[C@]12CC(C(=O)OC)=C3Nc4ccccc4[C@]34CCN(C[C@@H]3O[C@H]31)[C@@H]24. The second-order valence-electron chi connectivity index (χ2n) is 8.49. The highest BCUT2D eigenvalue weighted by Gasteiger charge is 2.73. The van der Waals surface area contributed by atoms with Gasteiger partial charge in [0.2, 0.25) is 0 Å². The number of para-hydroxylation sites is 1. The quantitative estimate of drug-likeness (QED) is 0.654. The Morgan fingerprint density at radius 2 is 2.27 bits per heavy atom. The number of hydrogen-bond donors (Lipinski definition) is 1. The number of carbonyl (C=O) groups is 1. The molecule has 3 fully saturated rings. The Labute approximate surface area is 153 Å². The van der Waals surface area contributed by atoms with Crippen LogP contribution in [0.5, 0.6) is 0 Å². The van der Waals surface area contributed by atoms with Gasteiger partial charge >= 0.3 is 5.97 Å². The number of hydrogen-bond acceptors (Lipinski definition) is 5. The predicted octanol–water partition coefficient (Wildman–Crippen LogP) is 2.43. The third-order valence-corrected chi connectivity index (χ3v) is 7.74. The Morgan fingerprint density at radius 3 is 3.08 bits per heavy atom. The maximum Gasteiger partial charge on any atom is 0.335 e. The highest BCUT2D eigenvalue weighted by Crippen LogP contribution is 2.68. The van der Waals surface area contributed by atoms with Crippen LogP contribution in [0.2, 0.25) is 0 Å². The fourth-order valence-corrected chi connectivity index (χ4v) is 6.80. The minimum absolute atomic E-state index is 0.00836. The molecule has 26 heavy (non-hydrogen) atoms. The fraction of sp³-hybridized carbons (Fsp3) is 0.571. The highest BCUT2D eigenvalue weighted by molar-refractivity contribution is 5.93. The van der Waals surface area contributed by atoms with Crippen molar-refractivity contribution >= 4 is 11.7 Å². The zero-order chi connectivity index (χ0) is 17.7. The van der Waals surface area contributed by atoms with Crippen molar-refractivity contribution in [3.8, 4) is 0 Å². The van der Waals surface area contributed by atoms with Crippen LogP contribution < -0.4 is 5.32 Å². The molecule has 3 saturated heterocycles. The molecule has 0 aromatic heterocycles. The number of piperidine rings is 1. The van der Waals surface area contributed by atoms with E-state index < -0.39 is 0 Å². The number of nitrogens with zero attached hydrogens (tertiary/aromatic N) is 1. The van der Waals surface area contributed by atoms with Gasteiger partial charge < -0.3 is 14.8 Å². The molecule has 1 aliphatic carbocycles. The molecule has 5 heteroatoms. The van der Waals surface area contributed by atoms with E-state index in [1.165, 1.54) is 12.7 Å². The molecule has 0 unspecified atom stereocenters. The smallest absolute Gasteiger partial charge is 0.335 e. The van der Waals surface area contributed by atoms with Crippen LogP contribution >= 0.6 is 0 Å². The van der Waals surface area contributed by atoms with Crippen molar-refractivity contribution < 1.29 is 14.3 Å². The Morgan fingerprint density at radius 1 is 1.42 bits per heavy atom. The zero-order valence-electron chi connectivity index (χ0n) is 15.2. The predicted molar refractivity (Wildman–Crippen MR) is 96.8 cm³/mol. The standard InChI is InChI=1S/C21H24N2O3/c1-3-20-10-12(18(24)25-2)16-21(13-6-4-5-7-14(13)22-16)8-9-23(19(20)21)11-15-17(20)26-15/h4-7,15,17,19,22H,3,8-11H2,1-2H3/t15-,17+,19-,20-,21+/m0/s1. The van der Waals surface area contributed by atoms with Crippen molar-refractivity contribution in [2.24, 2.45) is 5.41 Å². The van der Waals surface area contributed by atoms with Gasteiger partial charge in [0.05, 0.1) is 30.3 Å². The average Bonchev–Trinajstić information content (AvgIpc) is 3.25. The molecule has 136 valence electrons. The summed E-state index contributed by atoms with van der Waals surface area (Å²) in [6.07, 6.45) is 3.44. The lowest BCUT2D eigenvalue weighted by Crippen LogP contribution is -2.63. The maximum absolute atomic E-state index is 12.8. The first-order valence-electron chi connectivity index (χ1n) is 9.73. The van der Waals surface area contributed by atoms with Crippen molar-refractivity contribution in [2.45, 2.75) is 49.9 Å². The van der Waals surface area contributed by atoms with E-state index in [4.69, 9.17) is 9.47 Å². The lowest BCUT2D eigenvalue weighted by molar-refractivity contribution is -0.137. The largest absolute Gasteiger partial charge is 0.466 e. The average molecular weight is 352 g/mol. The number of methoxy groups -OCH3 is 1. The van der Waals surface area contributed by atoms with E-state index in [9.17, 15) is 4.79 Å². The monoisotopic (exact) mass is 352 g/mol. The van der Waals surface area contributed by atoms with Crippen LogP contribution in [0.25, 0.3) is 0 Å². The van der Waals surface area contributed by atoms with Gasteiger partial charge in [-0.15, -0.1) is 0 Å². The highest BCUT2D eigenvalue weighted by atomic mass is 16.6. The minimum Gasteiger partial charge on any atom is -0.466 e. The molecule has 1 aromatic rings. The van der Waals surface area contributed by atoms with E-state index in [1.54, 1.807) is 0 Å². The van der Waals surface area contributed by atoms with Gasteiger partial charge in [-0.25, -0.2) is 4.79 Å². The summed E-state index contributed by atoms with van der Waals surface area (Å²) in [7, 11) is 1.49. The molecule has 5 atom stereocenters. The number of epoxide rings is 1. The molecule has 0 bridgehead atoms. The number of benzene rings is 1. The second kappa shape index (κ2) is 4.70. The van der Waals surface area contributed by atoms with Crippen LogP contribution in [0.4, 0.5) is 5.69 Å². The van der Waals surface area contributed by atoms with Gasteiger partial charge in [0.1, 0.15) is 0 Å². The lowest BCUT2D eigenvalue weighted by Gasteiger charge is -2.54. The van der Waals surface area contributed by atoms with Crippen LogP contribution in [0, 0.1) is 5.41 Å². The molecule has 0 saturated carbocycles. The molecule has 5 aliphatic rings. The van der Waals surface area contributed by atoms with Gasteiger partial charge in [0.15, 0.2) is 0 Å². The van der Waals surface area contributed by atoms with E-state index in [2.05, 4.69) is 41.4 Å². The van der Waals surface area contributed by atoms with Gasteiger partial charge in [-0.2, -0.15) is 0 Å². The molecular weight excluding hydrogens is 328 g/mol. The van der Waals surface area contributed by atoms with Crippen LogP contribution in [0.1, 0.15) is 31.7 Å². The maximum atomic E-state index is 12.8. The molecule has 0 amide bonds. The Kier molecular flexibility index (Phi) is 2.75. The van der Waals surface area contributed by atoms with E-state index >= 15 is 0 Å². The number of ether oxygens (including phenoxy) is 2. The van der Waals surface area contributed by atoms with Crippen LogP contribution in [0.3, 0.4) is 0 Å². The lowest BCUT2D eigenvalue weighted by atomic mass is 9.53. The van der Waals surface area contributed by atoms with Gasteiger partial charge in [-0.1, -0.05) is 25.1 Å². The van der Waals surface area contributed by atoms with Crippen LogP contribution in [0.15, 0.2) is 35.5 Å². The molecule has 6 rings (SSSR count). The molecule has 5 nitrogen and oxygen atoms in total. The number of fused-ring (bicyclic) bond motifs is 3. The first-order chi connectivity index (χ1) is 12.7. The first kappa shape index (κ1) is 15.2. The summed E-state index contributed by atoms with van der Waals surface area (Å²) in [6.45, 7) is 4.36. The summed E-state index contributed by atoms with van der Waals surface area (Å²) >= 11 is 0. The Bertz CT molecular complexity index is 865. The van der Waals surface area contributed by atoms with E-state index in [1.807, 2.05) is 0 Å². The summed E-state index contributed by atoms with van der Waals surface area (Å²) < 4.78 is 11.4. The normalized spacial score (nSPS) is 41.7. The van der Waals surface area contributed by atoms with Gasteiger partial charge in [0, 0.05) is 29.4 Å². The van der Waals surface area contributed by atoms with Gasteiger partial charge in [0.25, 0.3) is 0 Å². The van der Waals surface area contributed by atoms with Crippen molar-refractivity contribution in [2.75, 3.05) is 25.5 Å². The summed E-state index contributed by atoms with van der Waals surface area (Å²) in [5, 5.41) is 3.63. The van der Waals surface area contributed by atoms with Gasteiger partial charge in [-0.05, 0) is 37.4 Å². The number of nitrogens with one attached hydrogen (secondary N) is 1. The van der Waals surface area contributed by atoms with Crippen molar-refractivity contribution in [1.82, 2.24) is 4.90 Å². The Hall–Kier alpha value is -1.85. The number of anilines is 1. The fourth-order valence-electron chi connectivity index (χ4n) is 6.80. The molecule has 1 aromatic carbocycles. The van der Waals surface area contributed by atoms with Gasteiger partial charge in [-0.3, -0.25) is 4.90 Å². The van der Waals surface area contributed by atoms with Crippen LogP contribution in [-0.2, 0) is 19.7 Å². The van der Waals surface area contributed by atoms with Crippen molar-refractivity contribution in [3.63, 3.8) is 0 Å². The zero-order valence-corrected chi connectivity index (χ0v) is 15.2. The summed E-state index contributed by atoms with van der Waals surface area (Å²) in [5.41, 5.74) is 4.29. The van der Waals surface area contributed by atoms with Crippen molar-refractivity contribution in [3.05, 3.63) is 41.1 Å². The number of esters is 1. The van der Waals surface area contributed by atoms with E-state index in [0.29, 0.717) is 12.1 Å². The molecular formula is C21H24N2O3. The van der Waals surface area contributed by atoms with Crippen molar-refractivity contribution in [1.29, 1.82) is 0 Å². The molecule has 1 spiro atoms.